The van der Waals surface area contributed by atoms with Crippen LogP contribution in [0.2, 0.25) is 0 Å². The molecule has 4 aromatic rings. The van der Waals surface area contributed by atoms with E-state index in [2.05, 4.69) is 82.5 Å². The maximum absolute atomic E-state index is 12.7. The van der Waals surface area contributed by atoms with Crippen molar-refractivity contribution < 1.29 is 17.9 Å². The molecule has 3 heterocycles. The summed E-state index contributed by atoms with van der Waals surface area (Å²) in [6.07, 6.45) is 3.39. The van der Waals surface area contributed by atoms with Crippen LogP contribution in [0.1, 0.15) is 61.3 Å². The Kier molecular flexibility index (Phi) is 8.80. The maximum Gasteiger partial charge on any atom is 0.573 e. The highest BCUT2D eigenvalue weighted by atomic mass is 19.4. The van der Waals surface area contributed by atoms with Crippen LogP contribution in [-0.4, -0.2) is 46.9 Å². The molecule has 2 aliphatic rings. The average molecular weight is 604 g/mol. The number of aromatic nitrogens is 1. The molecule has 7 heteroatoms. The largest absolute Gasteiger partial charge is 0.573 e. The molecule has 1 spiro atoms. The van der Waals surface area contributed by atoms with Crippen molar-refractivity contribution in [3.05, 3.63) is 89.1 Å². The van der Waals surface area contributed by atoms with Crippen LogP contribution in [0.4, 0.5) is 13.2 Å². The summed E-state index contributed by atoms with van der Waals surface area (Å²) < 4.78 is 44.5. The van der Waals surface area contributed by atoms with Crippen molar-refractivity contribution in [1.29, 1.82) is 0 Å². The van der Waals surface area contributed by atoms with Crippen molar-refractivity contribution in [3.8, 4) is 16.9 Å². The van der Waals surface area contributed by atoms with Crippen molar-refractivity contribution in [1.82, 2.24) is 14.4 Å². The topological polar surface area (TPSA) is 20.6 Å². The van der Waals surface area contributed by atoms with Crippen LogP contribution in [0.25, 0.3) is 22.0 Å². The third-order valence-corrected chi connectivity index (χ3v) is 9.62. The first-order valence-corrected chi connectivity index (χ1v) is 16.1. The van der Waals surface area contributed by atoms with Gasteiger partial charge in [0.25, 0.3) is 0 Å². The predicted molar refractivity (Wildman–Crippen MR) is 172 cm³/mol. The summed E-state index contributed by atoms with van der Waals surface area (Å²) in [7, 11) is 0. The standard InChI is InChI=1S/C37H44F3N3O/c1-4-5-15-43-25-34(31-7-9-32(10-8-31)44-37(38,39)40)33-22-29(6-11-35(33)43)23-42-18-14-36(26-42)12-16-41(17-13-36)24-30-20-27(2)19-28(3)21-30/h6-11,19-22,25H,4-5,12-18,23-24,26H2,1-3H3. The van der Waals surface area contributed by atoms with E-state index in [0.29, 0.717) is 5.41 Å². The normalized spacial score (nSPS) is 17.6. The highest BCUT2D eigenvalue weighted by Crippen LogP contribution is 2.41. The second-order valence-electron chi connectivity index (χ2n) is 13.2. The first-order chi connectivity index (χ1) is 21.1. The lowest BCUT2D eigenvalue weighted by molar-refractivity contribution is -0.274. The van der Waals surface area contributed by atoms with Gasteiger partial charge in [0.05, 0.1) is 0 Å². The molecule has 1 aromatic heterocycles. The van der Waals surface area contributed by atoms with E-state index in [0.717, 1.165) is 75.2 Å². The molecule has 2 saturated heterocycles. The quantitative estimate of drug-likeness (QED) is 0.190. The van der Waals surface area contributed by atoms with E-state index < -0.39 is 6.36 Å². The number of piperidine rings is 1. The maximum atomic E-state index is 12.7. The van der Waals surface area contributed by atoms with Gasteiger partial charge in [0.15, 0.2) is 0 Å². The lowest BCUT2D eigenvalue weighted by Gasteiger charge is -2.39. The van der Waals surface area contributed by atoms with Gasteiger partial charge in [0.1, 0.15) is 5.75 Å². The van der Waals surface area contributed by atoms with Crippen molar-refractivity contribution >= 4 is 10.9 Å². The molecule has 0 aliphatic carbocycles. The molecule has 234 valence electrons. The molecule has 4 nitrogen and oxygen atoms in total. The molecule has 2 aliphatic heterocycles. The second-order valence-corrected chi connectivity index (χ2v) is 13.2. The summed E-state index contributed by atoms with van der Waals surface area (Å²) in [6, 6.07) is 19.9. The molecule has 0 N–H and O–H groups in total. The molecule has 0 unspecified atom stereocenters. The van der Waals surface area contributed by atoms with E-state index in [-0.39, 0.29) is 5.75 Å². The molecule has 0 radical (unpaired) electrons. The fraction of sp³-hybridized carbons (Fsp3) is 0.459. The number of ether oxygens (including phenoxy) is 1. The zero-order valence-corrected chi connectivity index (χ0v) is 26.2. The summed E-state index contributed by atoms with van der Waals surface area (Å²) in [4.78, 5) is 5.25. The summed E-state index contributed by atoms with van der Waals surface area (Å²) in [5.74, 6) is -0.198. The Bertz CT molecular complexity index is 1560. The number of alkyl halides is 3. The number of likely N-dealkylation sites (tertiary alicyclic amines) is 2. The van der Waals surface area contributed by atoms with Gasteiger partial charge in [-0.1, -0.05) is 60.9 Å². The molecule has 0 atom stereocenters. The fourth-order valence-electron chi connectivity index (χ4n) is 7.46. The molecular formula is C37H44F3N3O. The number of fused-ring (bicyclic) bond motifs is 1. The zero-order chi connectivity index (χ0) is 30.9. The third-order valence-electron chi connectivity index (χ3n) is 9.62. The number of hydrogen-bond donors (Lipinski definition) is 0. The van der Waals surface area contributed by atoms with Gasteiger partial charge < -0.3 is 9.30 Å². The fourth-order valence-corrected chi connectivity index (χ4v) is 7.46. The molecular weight excluding hydrogens is 559 g/mol. The van der Waals surface area contributed by atoms with Crippen LogP contribution in [-0.2, 0) is 19.6 Å². The Morgan fingerprint density at radius 2 is 1.45 bits per heavy atom. The number of hydrogen-bond acceptors (Lipinski definition) is 3. The van der Waals surface area contributed by atoms with Crippen molar-refractivity contribution in [2.45, 2.75) is 78.9 Å². The van der Waals surface area contributed by atoms with Crippen LogP contribution in [0, 0.1) is 19.3 Å². The van der Waals surface area contributed by atoms with Gasteiger partial charge in [0, 0.05) is 48.8 Å². The minimum absolute atomic E-state index is 0.198. The van der Waals surface area contributed by atoms with E-state index in [9.17, 15) is 13.2 Å². The molecule has 0 saturated carbocycles. The van der Waals surface area contributed by atoms with E-state index in [1.165, 1.54) is 59.2 Å². The van der Waals surface area contributed by atoms with Gasteiger partial charge in [-0.25, -0.2) is 0 Å². The van der Waals surface area contributed by atoms with E-state index in [4.69, 9.17) is 0 Å². The minimum atomic E-state index is -4.70. The van der Waals surface area contributed by atoms with Crippen molar-refractivity contribution in [2.24, 2.45) is 5.41 Å². The summed E-state index contributed by atoms with van der Waals surface area (Å²) >= 11 is 0. The van der Waals surface area contributed by atoms with Crippen LogP contribution in [0.5, 0.6) is 5.75 Å². The smallest absolute Gasteiger partial charge is 0.406 e. The number of halogens is 3. The van der Waals surface area contributed by atoms with Gasteiger partial charge in [-0.15, -0.1) is 13.2 Å². The molecule has 44 heavy (non-hydrogen) atoms. The Hall–Kier alpha value is -3.29. The minimum Gasteiger partial charge on any atom is -0.406 e. The zero-order valence-electron chi connectivity index (χ0n) is 26.2. The summed E-state index contributed by atoms with van der Waals surface area (Å²) in [6.45, 7) is 14.0. The lowest BCUT2D eigenvalue weighted by Crippen LogP contribution is -2.41. The van der Waals surface area contributed by atoms with Crippen molar-refractivity contribution in [2.75, 3.05) is 26.2 Å². The Balaban J connectivity index is 1.14. The number of nitrogens with zero attached hydrogens (tertiary/aromatic N) is 3. The molecule has 2 fully saturated rings. The Morgan fingerprint density at radius 3 is 2.11 bits per heavy atom. The Labute approximate surface area is 259 Å². The van der Waals surface area contributed by atoms with Gasteiger partial charge in [0.2, 0.25) is 0 Å². The number of aryl methyl sites for hydroxylation is 3. The first-order valence-electron chi connectivity index (χ1n) is 16.1. The third kappa shape index (κ3) is 7.16. The summed E-state index contributed by atoms with van der Waals surface area (Å²) in [5, 5.41) is 1.15. The molecule has 6 rings (SSSR count). The lowest BCUT2D eigenvalue weighted by atomic mass is 9.77. The van der Waals surface area contributed by atoms with E-state index in [1.807, 2.05) is 0 Å². The molecule has 3 aromatic carbocycles. The van der Waals surface area contributed by atoms with Gasteiger partial charge in [-0.05, 0) is 106 Å². The average Bonchev–Trinajstić information content (AvgIpc) is 3.53. The highest BCUT2D eigenvalue weighted by molar-refractivity contribution is 5.96. The van der Waals surface area contributed by atoms with E-state index >= 15 is 0 Å². The second kappa shape index (κ2) is 12.6. The molecule has 0 bridgehead atoms. The highest BCUT2D eigenvalue weighted by Gasteiger charge is 2.40. The van der Waals surface area contributed by atoms with E-state index in [1.54, 1.807) is 12.1 Å². The SMILES string of the molecule is CCCCn1cc(-c2ccc(OC(F)(F)F)cc2)c2cc(CN3CCC4(CCN(Cc5cc(C)cc(C)c5)CC4)C3)ccc21. The number of rotatable bonds is 9. The van der Waals surface area contributed by atoms with Crippen LogP contribution < -0.4 is 4.74 Å². The van der Waals surface area contributed by atoms with Gasteiger partial charge in [-0.3, -0.25) is 9.80 Å². The predicted octanol–water partition coefficient (Wildman–Crippen LogP) is 9.11. The van der Waals surface area contributed by atoms with Crippen LogP contribution >= 0.6 is 0 Å². The van der Waals surface area contributed by atoms with Crippen LogP contribution in [0.15, 0.2) is 66.9 Å². The monoisotopic (exact) mass is 603 g/mol. The summed E-state index contributed by atoms with van der Waals surface area (Å²) in [5.41, 5.74) is 8.92. The van der Waals surface area contributed by atoms with Gasteiger partial charge in [-0.2, -0.15) is 0 Å². The van der Waals surface area contributed by atoms with Crippen molar-refractivity contribution in [3.63, 3.8) is 0 Å². The van der Waals surface area contributed by atoms with Gasteiger partial charge >= 0.3 is 6.36 Å². The number of unbranched alkanes of at least 4 members (excludes halogenated alkanes) is 1. The van der Waals surface area contributed by atoms with Crippen LogP contribution in [0.3, 0.4) is 0 Å². The first kappa shape index (κ1) is 30.7. The number of benzene rings is 3. The Morgan fingerprint density at radius 1 is 0.795 bits per heavy atom. The molecule has 0 amide bonds.